The molecule has 0 aliphatic carbocycles. The van der Waals surface area contributed by atoms with Crippen LogP contribution < -0.4 is 10.5 Å². The van der Waals surface area contributed by atoms with Crippen molar-refractivity contribution in [1.29, 1.82) is 0 Å². The standard InChI is InChI=1S/C14H20N2O3/c1-19-12-4-2-10(3-5-12)13(8-15)16-7-6-11(9-16)14(17)18/h2-5,11,13H,6-9,15H2,1H3,(H,17,18)/t11-,13-/m1/s1. The van der Waals surface area contributed by atoms with E-state index in [2.05, 4.69) is 4.90 Å². The molecular formula is C14H20N2O3. The summed E-state index contributed by atoms with van der Waals surface area (Å²) >= 11 is 0. The van der Waals surface area contributed by atoms with Crippen LogP contribution in [-0.2, 0) is 4.79 Å². The monoisotopic (exact) mass is 264 g/mol. The number of nitrogens with zero attached hydrogens (tertiary/aromatic N) is 1. The summed E-state index contributed by atoms with van der Waals surface area (Å²) in [7, 11) is 1.63. The van der Waals surface area contributed by atoms with E-state index in [4.69, 9.17) is 15.6 Å². The van der Waals surface area contributed by atoms with Gasteiger partial charge in [0.25, 0.3) is 0 Å². The summed E-state index contributed by atoms with van der Waals surface area (Å²) in [5.74, 6) is -0.176. The molecule has 0 amide bonds. The largest absolute Gasteiger partial charge is 0.497 e. The smallest absolute Gasteiger partial charge is 0.307 e. The predicted octanol–water partition coefficient (Wildman–Crippen LogP) is 1.10. The number of ether oxygens (including phenoxy) is 1. The average Bonchev–Trinajstić information content (AvgIpc) is 2.90. The van der Waals surface area contributed by atoms with Gasteiger partial charge in [0, 0.05) is 19.1 Å². The highest BCUT2D eigenvalue weighted by atomic mass is 16.5. The Balaban J connectivity index is 2.09. The molecule has 1 aliphatic heterocycles. The topological polar surface area (TPSA) is 75.8 Å². The summed E-state index contributed by atoms with van der Waals surface area (Å²) in [4.78, 5) is 13.2. The minimum absolute atomic E-state index is 0.0789. The quantitative estimate of drug-likeness (QED) is 0.833. The van der Waals surface area contributed by atoms with E-state index in [0.717, 1.165) is 17.9 Å². The van der Waals surface area contributed by atoms with Crippen molar-refractivity contribution in [2.75, 3.05) is 26.7 Å². The molecule has 3 N–H and O–H groups in total. The third kappa shape index (κ3) is 3.05. The zero-order chi connectivity index (χ0) is 13.8. The van der Waals surface area contributed by atoms with Crippen molar-refractivity contribution in [1.82, 2.24) is 4.90 Å². The lowest BCUT2D eigenvalue weighted by molar-refractivity contribution is -0.141. The van der Waals surface area contributed by atoms with E-state index < -0.39 is 5.97 Å². The average molecular weight is 264 g/mol. The summed E-state index contributed by atoms with van der Waals surface area (Å²) in [5.41, 5.74) is 6.96. The van der Waals surface area contributed by atoms with Crippen LogP contribution in [0.25, 0.3) is 0 Å². The third-order valence-corrected chi connectivity index (χ3v) is 3.73. The maximum absolute atomic E-state index is 11.0. The second-order valence-electron chi connectivity index (χ2n) is 4.84. The zero-order valence-corrected chi connectivity index (χ0v) is 11.1. The van der Waals surface area contributed by atoms with E-state index in [1.165, 1.54) is 0 Å². The van der Waals surface area contributed by atoms with Gasteiger partial charge in [-0.1, -0.05) is 12.1 Å². The number of rotatable bonds is 5. The Labute approximate surface area is 113 Å². The molecule has 5 heteroatoms. The number of methoxy groups -OCH3 is 1. The summed E-state index contributed by atoms with van der Waals surface area (Å²) in [6.07, 6.45) is 0.696. The Hall–Kier alpha value is -1.59. The zero-order valence-electron chi connectivity index (χ0n) is 11.1. The van der Waals surface area contributed by atoms with Crippen molar-refractivity contribution >= 4 is 5.97 Å². The summed E-state index contributed by atoms with van der Waals surface area (Å²) < 4.78 is 5.13. The fourth-order valence-electron chi connectivity index (χ4n) is 2.59. The molecule has 0 aromatic heterocycles. The molecule has 1 aliphatic rings. The van der Waals surface area contributed by atoms with Gasteiger partial charge in [0.05, 0.1) is 13.0 Å². The number of hydrogen-bond donors (Lipinski definition) is 2. The Kier molecular flexibility index (Phi) is 4.39. The Morgan fingerprint density at radius 1 is 1.53 bits per heavy atom. The highest BCUT2D eigenvalue weighted by Crippen LogP contribution is 2.28. The van der Waals surface area contributed by atoms with Gasteiger partial charge in [-0.3, -0.25) is 9.69 Å². The molecule has 0 bridgehead atoms. The van der Waals surface area contributed by atoms with Crippen LogP contribution >= 0.6 is 0 Å². The van der Waals surface area contributed by atoms with E-state index in [9.17, 15) is 4.79 Å². The minimum atomic E-state index is -0.715. The fourth-order valence-corrected chi connectivity index (χ4v) is 2.59. The predicted molar refractivity (Wildman–Crippen MR) is 72.1 cm³/mol. The molecule has 19 heavy (non-hydrogen) atoms. The lowest BCUT2D eigenvalue weighted by Gasteiger charge is -2.27. The molecule has 1 fully saturated rings. The van der Waals surface area contributed by atoms with Crippen LogP contribution in [0.1, 0.15) is 18.0 Å². The highest BCUT2D eigenvalue weighted by Gasteiger charge is 2.32. The van der Waals surface area contributed by atoms with Gasteiger partial charge in [0.2, 0.25) is 0 Å². The molecular weight excluding hydrogens is 244 g/mol. The molecule has 1 heterocycles. The van der Waals surface area contributed by atoms with Crippen molar-refractivity contribution < 1.29 is 14.6 Å². The minimum Gasteiger partial charge on any atom is -0.497 e. The lowest BCUT2D eigenvalue weighted by atomic mass is 10.1. The van der Waals surface area contributed by atoms with Gasteiger partial charge in [0.1, 0.15) is 5.75 Å². The molecule has 1 aromatic rings. The van der Waals surface area contributed by atoms with Crippen LogP contribution in [0.5, 0.6) is 5.75 Å². The van der Waals surface area contributed by atoms with Gasteiger partial charge in [-0.15, -0.1) is 0 Å². The van der Waals surface area contributed by atoms with E-state index in [1.807, 2.05) is 24.3 Å². The molecule has 1 saturated heterocycles. The number of likely N-dealkylation sites (tertiary alicyclic amines) is 1. The van der Waals surface area contributed by atoms with Crippen molar-refractivity contribution in [2.24, 2.45) is 11.7 Å². The number of hydrogen-bond acceptors (Lipinski definition) is 4. The summed E-state index contributed by atoms with van der Waals surface area (Å²) in [5, 5.41) is 9.05. The first-order valence-electron chi connectivity index (χ1n) is 6.46. The number of aliphatic carboxylic acids is 1. The van der Waals surface area contributed by atoms with Crippen molar-refractivity contribution in [3.8, 4) is 5.75 Å². The second-order valence-corrected chi connectivity index (χ2v) is 4.84. The number of benzene rings is 1. The van der Waals surface area contributed by atoms with E-state index in [0.29, 0.717) is 19.5 Å². The van der Waals surface area contributed by atoms with Gasteiger partial charge >= 0.3 is 5.97 Å². The number of carboxylic acids is 1. The maximum atomic E-state index is 11.0. The van der Waals surface area contributed by atoms with Crippen LogP contribution in [-0.4, -0.2) is 42.7 Å². The molecule has 0 saturated carbocycles. The molecule has 0 spiro atoms. The summed E-state index contributed by atoms with van der Waals surface area (Å²) in [6, 6.07) is 7.87. The number of nitrogens with two attached hydrogens (primary N) is 1. The maximum Gasteiger partial charge on any atom is 0.307 e. The molecule has 1 aromatic carbocycles. The highest BCUT2D eigenvalue weighted by molar-refractivity contribution is 5.70. The van der Waals surface area contributed by atoms with Gasteiger partial charge < -0.3 is 15.6 Å². The van der Waals surface area contributed by atoms with Crippen LogP contribution in [0, 0.1) is 5.92 Å². The Morgan fingerprint density at radius 2 is 2.21 bits per heavy atom. The SMILES string of the molecule is COc1ccc([C@@H](CN)N2CC[C@@H](C(=O)O)C2)cc1. The first-order chi connectivity index (χ1) is 9.15. The van der Waals surface area contributed by atoms with Crippen LogP contribution in [0.15, 0.2) is 24.3 Å². The van der Waals surface area contributed by atoms with Crippen LogP contribution in [0.3, 0.4) is 0 Å². The van der Waals surface area contributed by atoms with Crippen molar-refractivity contribution in [3.05, 3.63) is 29.8 Å². The number of carbonyl (C=O) groups is 1. The first-order valence-corrected chi connectivity index (χ1v) is 6.46. The lowest BCUT2D eigenvalue weighted by Crippen LogP contribution is -2.32. The molecule has 5 nitrogen and oxygen atoms in total. The first kappa shape index (κ1) is 13.8. The van der Waals surface area contributed by atoms with Gasteiger partial charge in [-0.05, 0) is 30.7 Å². The third-order valence-electron chi connectivity index (χ3n) is 3.73. The van der Waals surface area contributed by atoms with Crippen molar-refractivity contribution in [2.45, 2.75) is 12.5 Å². The van der Waals surface area contributed by atoms with Crippen LogP contribution in [0.4, 0.5) is 0 Å². The molecule has 104 valence electrons. The Morgan fingerprint density at radius 3 is 2.68 bits per heavy atom. The molecule has 0 unspecified atom stereocenters. The van der Waals surface area contributed by atoms with Gasteiger partial charge in [0.15, 0.2) is 0 Å². The van der Waals surface area contributed by atoms with E-state index >= 15 is 0 Å². The van der Waals surface area contributed by atoms with Crippen LogP contribution in [0.2, 0.25) is 0 Å². The van der Waals surface area contributed by atoms with Crippen molar-refractivity contribution in [3.63, 3.8) is 0 Å². The van der Waals surface area contributed by atoms with Gasteiger partial charge in [-0.25, -0.2) is 0 Å². The molecule has 2 atom stereocenters. The van der Waals surface area contributed by atoms with Gasteiger partial charge in [-0.2, -0.15) is 0 Å². The summed E-state index contributed by atoms with van der Waals surface area (Å²) in [6.45, 7) is 1.84. The van der Waals surface area contributed by atoms with E-state index in [-0.39, 0.29) is 12.0 Å². The van der Waals surface area contributed by atoms with E-state index in [1.54, 1.807) is 7.11 Å². The fraction of sp³-hybridized carbons (Fsp3) is 0.500. The molecule has 2 rings (SSSR count). The Bertz CT molecular complexity index is 433. The normalized spacial score (nSPS) is 21.3. The molecule has 0 radical (unpaired) electrons. The second kappa shape index (κ2) is 6.04. The number of carboxylic acid groups (broad SMARTS) is 1.